The van der Waals surface area contributed by atoms with Crippen molar-refractivity contribution in [2.75, 3.05) is 26.2 Å². The highest BCUT2D eigenvalue weighted by molar-refractivity contribution is 5.99. The first kappa shape index (κ1) is 27.1. The van der Waals surface area contributed by atoms with Gasteiger partial charge in [-0.1, -0.05) is 86.6 Å². The predicted octanol–water partition coefficient (Wildman–Crippen LogP) is 4.93. The average molecular weight is 513 g/mol. The van der Waals surface area contributed by atoms with Crippen LogP contribution in [0.5, 0.6) is 5.75 Å². The summed E-state index contributed by atoms with van der Waals surface area (Å²) in [5.41, 5.74) is 3.49. The smallest absolute Gasteiger partial charge is 0.325 e. The van der Waals surface area contributed by atoms with E-state index in [1.54, 1.807) is 6.07 Å². The van der Waals surface area contributed by atoms with Gasteiger partial charge in [0, 0.05) is 18.7 Å². The first-order valence-electron chi connectivity index (χ1n) is 13.1. The number of carbonyl (C=O) groups excluding carboxylic acids is 2. The molecule has 6 heteroatoms. The number of benzene rings is 3. The molecule has 1 aliphatic heterocycles. The Kier molecular flexibility index (Phi) is 8.98. The summed E-state index contributed by atoms with van der Waals surface area (Å²) in [6.07, 6.45) is 2.79. The molecule has 1 heterocycles. The number of hydrogen-bond donors (Lipinski definition) is 2. The number of ether oxygens (including phenoxy) is 1. The molecule has 2 N–H and O–H groups in total. The number of likely N-dealkylation sites (tertiary alicyclic amines) is 1. The third kappa shape index (κ3) is 7.11. The number of phenols is 1. The monoisotopic (exact) mass is 512 g/mol. The van der Waals surface area contributed by atoms with E-state index in [2.05, 4.69) is 30.1 Å². The Labute approximate surface area is 224 Å². The molecule has 0 aromatic heterocycles. The third-order valence-electron chi connectivity index (χ3n) is 7.53. The van der Waals surface area contributed by atoms with E-state index in [1.807, 2.05) is 78.9 Å². The first-order chi connectivity index (χ1) is 18.3. The molecule has 3 aromatic rings. The van der Waals surface area contributed by atoms with Crippen LogP contribution < -0.4 is 5.32 Å². The van der Waals surface area contributed by atoms with E-state index in [-0.39, 0.29) is 30.2 Å². The quantitative estimate of drug-likeness (QED) is 0.314. The zero-order valence-corrected chi connectivity index (χ0v) is 22.1. The number of nitrogens with one attached hydrogen (secondary N) is 1. The van der Waals surface area contributed by atoms with Crippen molar-refractivity contribution in [1.29, 1.82) is 0 Å². The van der Waals surface area contributed by atoms with Crippen LogP contribution in [0.1, 0.15) is 37.0 Å². The second-order valence-electron chi connectivity index (χ2n) is 10.3. The zero-order valence-electron chi connectivity index (χ0n) is 22.1. The molecule has 0 spiro atoms. The lowest BCUT2D eigenvalue weighted by molar-refractivity contribution is -0.144. The number of rotatable bonds is 9. The van der Waals surface area contributed by atoms with Gasteiger partial charge in [0.1, 0.15) is 18.9 Å². The lowest BCUT2D eigenvalue weighted by Gasteiger charge is -2.45. The summed E-state index contributed by atoms with van der Waals surface area (Å²) in [4.78, 5) is 27.8. The third-order valence-corrected chi connectivity index (χ3v) is 7.53. The fraction of sp³-hybridized carbons (Fsp3) is 0.312. The maximum Gasteiger partial charge on any atom is 0.325 e. The van der Waals surface area contributed by atoms with E-state index < -0.39 is 5.97 Å². The molecule has 1 amide bonds. The molecular formula is C32H36N2O4. The summed E-state index contributed by atoms with van der Waals surface area (Å²) in [5, 5.41) is 12.8. The maximum absolute atomic E-state index is 13.2. The largest absolute Gasteiger partial charge is 0.508 e. The van der Waals surface area contributed by atoms with Crippen molar-refractivity contribution in [2.24, 2.45) is 5.92 Å². The van der Waals surface area contributed by atoms with Crippen molar-refractivity contribution in [2.45, 2.75) is 32.3 Å². The van der Waals surface area contributed by atoms with Crippen molar-refractivity contribution >= 4 is 18.0 Å². The molecule has 38 heavy (non-hydrogen) atoms. The Morgan fingerprint density at radius 3 is 2.45 bits per heavy atom. The number of phenolic OH excluding ortho intramolecular Hbond substituents is 1. The molecular weight excluding hydrogens is 476 g/mol. The average Bonchev–Trinajstić information content (AvgIpc) is 2.93. The number of nitrogens with zero attached hydrogens (tertiary/aromatic N) is 1. The van der Waals surface area contributed by atoms with Gasteiger partial charge in [-0.3, -0.25) is 14.5 Å². The fourth-order valence-corrected chi connectivity index (χ4v) is 4.98. The molecule has 1 saturated heterocycles. The lowest BCUT2D eigenvalue weighted by atomic mass is 9.68. The van der Waals surface area contributed by atoms with Crippen LogP contribution in [0.15, 0.2) is 90.5 Å². The molecule has 1 aliphatic rings. The molecule has 0 saturated carbocycles. The molecule has 198 valence electrons. The van der Waals surface area contributed by atoms with Gasteiger partial charge in [-0.25, -0.2) is 0 Å². The Morgan fingerprint density at radius 2 is 1.76 bits per heavy atom. The van der Waals surface area contributed by atoms with Gasteiger partial charge in [0.05, 0.1) is 0 Å². The van der Waals surface area contributed by atoms with Gasteiger partial charge in [0.25, 0.3) is 0 Å². The van der Waals surface area contributed by atoms with Gasteiger partial charge < -0.3 is 15.2 Å². The summed E-state index contributed by atoms with van der Waals surface area (Å²) >= 11 is 0. The van der Waals surface area contributed by atoms with Crippen LogP contribution in [0.4, 0.5) is 0 Å². The normalized spacial score (nSPS) is 20.1. The van der Waals surface area contributed by atoms with Gasteiger partial charge in [0.2, 0.25) is 5.91 Å². The van der Waals surface area contributed by atoms with Gasteiger partial charge >= 0.3 is 5.97 Å². The Balaban J connectivity index is 1.40. The van der Waals surface area contributed by atoms with Crippen LogP contribution >= 0.6 is 0 Å². The summed E-state index contributed by atoms with van der Waals surface area (Å²) in [7, 11) is 0. The standard InChI is InChI=1S/C32H36N2O4/c1-24-21-34(17-16-32(24,2)28-14-9-15-29(35)19-28)22-27(18-25-10-5-3-6-11-25)31(37)33-20-30(36)38-23-26-12-7-4-8-13-26/h3-15,18-19,24,35H,16-17,20-23H2,1-2H3,(H,33,37)/t24-,32+/m0/s1. The Hall–Kier alpha value is -3.90. The van der Waals surface area contributed by atoms with E-state index in [0.717, 1.165) is 36.2 Å². The van der Waals surface area contributed by atoms with E-state index in [9.17, 15) is 14.7 Å². The molecule has 1 fully saturated rings. The highest BCUT2D eigenvalue weighted by Gasteiger charge is 2.38. The molecule has 2 atom stereocenters. The number of esters is 1. The van der Waals surface area contributed by atoms with Crippen molar-refractivity contribution in [3.05, 3.63) is 107 Å². The molecule has 4 rings (SSSR count). The number of piperidine rings is 1. The van der Waals surface area contributed by atoms with Crippen molar-refractivity contribution < 1.29 is 19.4 Å². The van der Waals surface area contributed by atoms with Gasteiger partial charge in [-0.2, -0.15) is 0 Å². The van der Waals surface area contributed by atoms with Gasteiger partial charge in [-0.05, 0) is 59.2 Å². The maximum atomic E-state index is 13.2. The number of amides is 1. The van der Waals surface area contributed by atoms with Crippen LogP contribution in [0.2, 0.25) is 0 Å². The second-order valence-corrected chi connectivity index (χ2v) is 10.3. The number of carbonyl (C=O) groups is 2. The van der Waals surface area contributed by atoms with E-state index >= 15 is 0 Å². The van der Waals surface area contributed by atoms with E-state index in [0.29, 0.717) is 18.0 Å². The van der Waals surface area contributed by atoms with Crippen molar-refractivity contribution in [3.8, 4) is 5.75 Å². The number of hydrogen-bond acceptors (Lipinski definition) is 5. The minimum Gasteiger partial charge on any atom is -0.508 e. The lowest BCUT2D eigenvalue weighted by Crippen LogP contribution is -2.48. The summed E-state index contributed by atoms with van der Waals surface area (Å²) in [6, 6.07) is 26.7. The van der Waals surface area contributed by atoms with Crippen molar-refractivity contribution in [3.63, 3.8) is 0 Å². The summed E-state index contributed by atoms with van der Waals surface area (Å²) in [6.45, 7) is 6.55. The molecule has 0 unspecified atom stereocenters. The highest BCUT2D eigenvalue weighted by Crippen LogP contribution is 2.40. The minimum atomic E-state index is -0.477. The number of aromatic hydroxyl groups is 1. The van der Waals surface area contributed by atoms with Crippen LogP contribution in [0.3, 0.4) is 0 Å². The SMILES string of the molecule is C[C@H]1CN(CC(=Cc2ccccc2)C(=O)NCC(=O)OCc2ccccc2)CC[C@@]1(C)c1cccc(O)c1. The van der Waals surface area contributed by atoms with Crippen LogP contribution in [0.25, 0.3) is 6.08 Å². The fourth-order valence-electron chi connectivity index (χ4n) is 4.98. The summed E-state index contributed by atoms with van der Waals surface area (Å²) in [5.74, 6) is -0.160. The Bertz CT molecular complexity index is 1260. The van der Waals surface area contributed by atoms with Crippen LogP contribution in [-0.2, 0) is 26.3 Å². The predicted molar refractivity (Wildman–Crippen MR) is 149 cm³/mol. The van der Waals surface area contributed by atoms with E-state index in [4.69, 9.17) is 4.74 Å². The van der Waals surface area contributed by atoms with Crippen molar-refractivity contribution in [1.82, 2.24) is 10.2 Å². The molecule has 6 nitrogen and oxygen atoms in total. The molecule has 0 radical (unpaired) electrons. The topological polar surface area (TPSA) is 78.9 Å². The second kappa shape index (κ2) is 12.6. The van der Waals surface area contributed by atoms with Crippen LogP contribution in [-0.4, -0.2) is 48.1 Å². The minimum absolute atomic E-state index is 0.0662. The molecule has 0 bridgehead atoms. The Morgan fingerprint density at radius 1 is 1.05 bits per heavy atom. The molecule has 0 aliphatic carbocycles. The molecule has 3 aromatic carbocycles. The van der Waals surface area contributed by atoms with Crippen LogP contribution in [0, 0.1) is 5.92 Å². The summed E-state index contributed by atoms with van der Waals surface area (Å²) < 4.78 is 5.31. The highest BCUT2D eigenvalue weighted by atomic mass is 16.5. The zero-order chi connectivity index (χ0) is 27.0. The van der Waals surface area contributed by atoms with Gasteiger partial charge in [-0.15, -0.1) is 0 Å². The van der Waals surface area contributed by atoms with Gasteiger partial charge in [0.15, 0.2) is 0 Å². The van der Waals surface area contributed by atoms with E-state index in [1.165, 1.54) is 0 Å². The first-order valence-corrected chi connectivity index (χ1v) is 13.1.